The Labute approximate surface area is 132 Å². The van der Waals surface area contributed by atoms with E-state index in [0.29, 0.717) is 5.15 Å². The molecule has 2 aromatic rings. The molecule has 3 nitrogen and oxygen atoms in total. The maximum Gasteiger partial charge on any atom is 0.132 e. The van der Waals surface area contributed by atoms with Crippen molar-refractivity contribution in [3.63, 3.8) is 0 Å². The molecule has 0 unspecified atom stereocenters. The van der Waals surface area contributed by atoms with Gasteiger partial charge in [-0.25, -0.2) is 4.98 Å². The van der Waals surface area contributed by atoms with Gasteiger partial charge in [0.15, 0.2) is 0 Å². The number of hydrogen-bond acceptors (Lipinski definition) is 3. The number of nitrogens with zero attached hydrogens (tertiary/aromatic N) is 2. The van der Waals surface area contributed by atoms with Crippen LogP contribution in [0.25, 0.3) is 0 Å². The third-order valence-electron chi connectivity index (χ3n) is 3.58. The first kappa shape index (κ1) is 15.6. The molecular weight excluding hydrogens is 282 g/mol. The fourth-order valence-corrected chi connectivity index (χ4v) is 2.38. The molecule has 0 saturated heterocycles. The van der Waals surface area contributed by atoms with E-state index < -0.39 is 0 Å². The molecule has 0 fully saturated rings. The zero-order valence-electron chi connectivity index (χ0n) is 12.9. The van der Waals surface area contributed by atoms with Gasteiger partial charge in [0.05, 0.1) is 11.9 Å². The summed E-state index contributed by atoms with van der Waals surface area (Å²) >= 11 is 5.93. The van der Waals surface area contributed by atoms with Crippen LogP contribution < -0.4 is 10.2 Å². The maximum absolute atomic E-state index is 5.93. The third-order valence-corrected chi connectivity index (χ3v) is 3.97. The zero-order valence-corrected chi connectivity index (χ0v) is 13.6. The number of pyridine rings is 1. The number of aromatic nitrogens is 1. The van der Waals surface area contributed by atoms with Gasteiger partial charge >= 0.3 is 0 Å². The summed E-state index contributed by atoms with van der Waals surface area (Å²) in [5, 5.41) is 3.93. The van der Waals surface area contributed by atoms with Gasteiger partial charge in [-0.15, -0.1) is 0 Å². The molecule has 0 amide bonds. The van der Waals surface area contributed by atoms with E-state index in [1.807, 2.05) is 13.0 Å². The molecule has 0 spiro atoms. The van der Waals surface area contributed by atoms with Gasteiger partial charge in [-0.3, -0.25) is 0 Å². The smallest absolute Gasteiger partial charge is 0.132 e. The highest BCUT2D eigenvalue weighted by molar-refractivity contribution is 6.30. The van der Waals surface area contributed by atoms with Gasteiger partial charge in [-0.05, 0) is 50.1 Å². The first-order chi connectivity index (χ1) is 10.1. The van der Waals surface area contributed by atoms with Crippen molar-refractivity contribution in [3.05, 3.63) is 52.8 Å². The van der Waals surface area contributed by atoms with E-state index in [1.165, 1.54) is 11.3 Å². The molecule has 1 aromatic heterocycles. The minimum Gasteiger partial charge on any atom is -0.380 e. The summed E-state index contributed by atoms with van der Waals surface area (Å²) in [4.78, 5) is 6.48. The van der Waals surface area contributed by atoms with Crippen LogP contribution in [0.3, 0.4) is 0 Å². The normalized spacial score (nSPS) is 10.5. The molecule has 0 radical (unpaired) electrons. The molecule has 0 saturated carbocycles. The molecule has 0 aliphatic carbocycles. The SMILES string of the molecule is CCN(CC)c1ccc(CNc2cnc(Cl)c(C)c2)cc1. The van der Waals surface area contributed by atoms with Crippen molar-refractivity contribution >= 4 is 23.0 Å². The van der Waals surface area contributed by atoms with E-state index in [0.717, 1.165) is 30.9 Å². The summed E-state index contributed by atoms with van der Waals surface area (Å²) in [5.74, 6) is 0. The first-order valence-corrected chi connectivity index (χ1v) is 7.71. The van der Waals surface area contributed by atoms with Gasteiger partial charge in [0.1, 0.15) is 5.15 Å². The van der Waals surface area contributed by atoms with Crippen molar-refractivity contribution in [1.82, 2.24) is 4.98 Å². The van der Waals surface area contributed by atoms with Crippen LogP contribution >= 0.6 is 11.6 Å². The number of rotatable bonds is 6. The molecule has 0 bridgehead atoms. The van der Waals surface area contributed by atoms with Crippen molar-refractivity contribution < 1.29 is 0 Å². The number of halogens is 1. The van der Waals surface area contributed by atoms with Gasteiger partial charge in [0, 0.05) is 25.3 Å². The van der Waals surface area contributed by atoms with Gasteiger partial charge < -0.3 is 10.2 Å². The van der Waals surface area contributed by atoms with Crippen LogP contribution in [0.4, 0.5) is 11.4 Å². The maximum atomic E-state index is 5.93. The number of benzene rings is 1. The van der Waals surface area contributed by atoms with Crippen LogP contribution in [0.1, 0.15) is 25.0 Å². The molecule has 1 N–H and O–H groups in total. The number of hydrogen-bond donors (Lipinski definition) is 1. The van der Waals surface area contributed by atoms with Gasteiger partial charge in [-0.2, -0.15) is 0 Å². The minimum atomic E-state index is 0.559. The van der Waals surface area contributed by atoms with E-state index >= 15 is 0 Å². The van der Waals surface area contributed by atoms with Crippen LogP contribution in [-0.2, 0) is 6.54 Å². The lowest BCUT2D eigenvalue weighted by Gasteiger charge is -2.21. The highest BCUT2D eigenvalue weighted by Gasteiger charge is 2.02. The van der Waals surface area contributed by atoms with Crippen LogP contribution in [0.5, 0.6) is 0 Å². The Hall–Kier alpha value is -1.74. The van der Waals surface area contributed by atoms with Gasteiger partial charge in [0.2, 0.25) is 0 Å². The molecule has 1 aromatic carbocycles. The summed E-state index contributed by atoms with van der Waals surface area (Å²) in [6, 6.07) is 10.7. The summed E-state index contributed by atoms with van der Waals surface area (Å²) in [7, 11) is 0. The van der Waals surface area contributed by atoms with Crippen molar-refractivity contribution in [2.45, 2.75) is 27.3 Å². The summed E-state index contributed by atoms with van der Waals surface area (Å²) in [6.45, 7) is 9.15. The van der Waals surface area contributed by atoms with E-state index in [-0.39, 0.29) is 0 Å². The van der Waals surface area contributed by atoms with Crippen molar-refractivity contribution in [1.29, 1.82) is 0 Å². The van der Waals surface area contributed by atoms with Crippen molar-refractivity contribution in [2.24, 2.45) is 0 Å². The van der Waals surface area contributed by atoms with Gasteiger partial charge in [-0.1, -0.05) is 23.7 Å². The Bertz CT molecular complexity index is 577. The second-order valence-electron chi connectivity index (χ2n) is 5.02. The molecule has 0 aliphatic rings. The molecule has 2 rings (SSSR count). The number of anilines is 2. The predicted molar refractivity (Wildman–Crippen MR) is 91.3 cm³/mol. The van der Waals surface area contributed by atoms with Crippen LogP contribution in [0.15, 0.2) is 36.5 Å². The lowest BCUT2D eigenvalue weighted by Crippen LogP contribution is -2.21. The summed E-state index contributed by atoms with van der Waals surface area (Å²) in [6.07, 6.45) is 1.76. The van der Waals surface area contributed by atoms with E-state index in [1.54, 1.807) is 6.20 Å². The monoisotopic (exact) mass is 303 g/mol. The molecule has 112 valence electrons. The number of nitrogens with one attached hydrogen (secondary N) is 1. The van der Waals surface area contributed by atoms with Gasteiger partial charge in [0.25, 0.3) is 0 Å². The third kappa shape index (κ3) is 4.11. The van der Waals surface area contributed by atoms with Crippen molar-refractivity contribution in [3.8, 4) is 0 Å². The lowest BCUT2D eigenvalue weighted by atomic mass is 10.2. The minimum absolute atomic E-state index is 0.559. The van der Waals surface area contributed by atoms with Crippen LogP contribution in [0, 0.1) is 6.92 Å². The number of aryl methyl sites for hydroxylation is 1. The standard InChI is InChI=1S/C17H22ClN3/c1-4-21(5-2)16-8-6-14(7-9-16)11-19-15-10-13(3)17(18)20-12-15/h6-10,12,19H,4-5,11H2,1-3H3. The average Bonchev–Trinajstić information content (AvgIpc) is 2.51. The summed E-state index contributed by atoms with van der Waals surface area (Å²) < 4.78 is 0. The zero-order chi connectivity index (χ0) is 15.2. The second kappa shape index (κ2) is 7.32. The molecule has 0 atom stereocenters. The van der Waals surface area contributed by atoms with E-state index in [9.17, 15) is 0 Å². The topological polar surface area (TPSA) is 28.2 Å². The molecule has 4 heteroatoms. The Morgan fingerprint density at radius 3 is 2.38 bits per heavy atom. The van der Waals surface area contributed by atoms with Crippen LogP contribution in [0.2, 0.25) is 5.15 Å². The average molecular weight is 304 g/mol. The fourth-order valence-electron chi connectivity index (χ4n) is 2.27. The van der Waals surface area contributed by atoms with E-state index in [2.05, 4.69) is 53.3 Å². The Morgan fingerprint density at radius 2 is 1.81 bits per heavy atom. The molecule has 21 heavy (non-hydrogen) atoms. The highest BCUT2D eigenvalue weighted by Crippen LogP contribution is 2.18. The predicted octanol–water partition coefficient (Wildman–Crippen LogP) is 4.50. The fraction of sp³-hybridized carbons (Fsp3) is 0.353. The Kier molecular flexibility index (Phi) is 5.45. The quantitative estimate of drug-likeness (QED) is 0.796. The Balaban J connectivity index is 1.98. The lowest BCUT2D eigenvalue weighted by molar-refractivity contribution is 0.865. The molecule has 0 aliphatic heterocycles. The van der Waals surface area contributed by atoms with E-state index in [4.69, 9.17) is 11.6 Å². The molecular formula is C17H22ClN3. The second-order valence-corrected chi connectivity index (χ2v) is 5.38. The van der Waals surface area contributed by atoms with Crippen LogP contribution in [-0.4, -0.2) is 18.1 Å². The largest absolute Gasteiger partial charge is 0.380 e. The highest BCUT2D eigenvalue weighted by atomic mass is 35.5. The Morgan fingerprint density at radius 1 is 1.14 bits per heavy atom. The summed E-state index contributed by atoms with van der Waals surface area (Å²) in [5.41, 5.74) is 4.49. The van der Waals surface area contributed by atoms with Crippen molar-refractivity contribution in [2.75, 3.05) is 23.3 Å². The molecule has 1 heterocycles. The first-order valence-electron chi connectivity index (χ1n) is 7.34.